The Morgan fingerprint density at radius 2 is 1.56 bits per heavy atom. The fourth-order valence-corrected chi connectivity index (χ4v) is 4.57. The molecule has 4 rings (SSSR count). The van der Waals surface area contributed by atoms with E-state index < -0.39 is 3.61 Å². The number of halogens is 5. The summed E-state index contributed by atoms with van der Waals surface area (Å²) in [6.07, 6.45) is 0. The maximum absolute atomic E-state index is 13.4. The predicted octanol–water partition coefficient (Wildman–Crippen LogP) is 9.07. The molecule has 0 saturated carbocycles. The molecule has 0 saturated heterocycles. The summed E-state index contributed by atoms with van der Waals surface area (Å²) < 4.78 is 18.7. The highest BCUT2D eigenvalue weighted by Gasteiger charge is 2.28. The van der Waals surface area contributed by atoms with Crippen LogP contribution in [-0.4, -0.2) is 4.98 Å². The molecule has 1 atom stereocenters. The van der Waals surface area contributed by atoms with Crippen LogP contribution in [0.5, 0.6) is 5.88 Å². The lowest BCUT2D eigenvalue weighted by Gasteiger charge is -2.25. The fraction of sp³-hybridized carbons (Fsp3) is 0.0769. The molecule has 0 radical (unpaired) electrons. The minimum absolute atomic E-state index is 0.127. The number of hydrogen-bond acceptors (Lipinski definition) is 3. The summed E-state index contributed by atoms with van der Waals surface area (Å²) in [5, 5.41) is 11.4. The minimum Gasteiger partial charge on any atom is -0.455 e. The van der Waals surface area contributed by atoms with Crippen molar-refractivity contribution in [3.8, 4) is 34.3 Å². The molecule has 0 aliphatic heterocycles. The van der Waals surface area contributed by atoms with Crippen molar-refractivity contribution in [3.05, 3.63) is 105 Å². The lowest BCUT2D eigenvalue weighted by atomic mass is 9.97. The highest BCUT2D eigenvalue weighted by Crippen LogP contribution is 2.41. The van der Waals surface area contributed by atoms with Crippen LogP contribution in [0.25, 0.3) is 22.4 Å². The van der Waals surface area contributed by atoms with Gasteiger partial charge in [0.15, 0.2) is 3.61 Å². The van der Waals surface area contributed by atoms with Crippen LogP contribution in [0.15, 0.2) is 72.8 Å². The van der Waals surface area contributed by atoms with Crippen molar-refractivity contribution < 1.29 is 9.13 Å². The van der Waals surface area contributed by atoms with Crippen molar-refractivity contribution in [1.29, 1.82) is 5.26 Å². The molecular weight excluding hydrogens is 609 g/mol. The fourth-order valence-electron chi connectivity index (χ4n) is 3.38. The molecule has 0 bridgehead atoms. The maximum atomic E-state index is 13.4. The number of aromatic nitrogens is 1. The van der Waals surface area contributed by atoms with Gasteiger partial charge in [-0.2, -0.15) is 5.26 Å². The molecule has 0 aliphatic rings. The van der Waals surface area contributed by atoms with Gasteiger partial charge in [0, 0.05) is 26.7 Å². The summed E-state index contributed by atoms with van der Waals surface area (Å²) in [4.78, 5) is 4.75. The number of ether oxygens (including phenoxy) is 1. The largest absolute Gasteiger partial charge is 0.455 e. The van der Waals surface area contributed by atoms with Gasteiger partial charge in [-0.1, -0.05) is 59.1 Å². The Labute approximate surface area is 225 Å². The SMILES string of the molecule is CC(I)(Oc1nc(-c2ccc(Cl)cc2Cl)c(-c2ccc(Cl)cc2)cc1C#N)c1ccc(F)cc1. The molecule has 0 amide bonds. The van der Waals surface area contributed by atoms with E-state index in [-0.39, 0.29) is 17.3 Å². The first kappa shape index (κ1) is 24.7. The van der Waals surface area contributed by atoms with Gasteiger partial charge in [0.1, 0.15) is 17.4 Å². The summed E-state index contributed by atoms with van der Waals surface area (Å²) in [7, 11) is 0. The molecule has 0 fully saturated rings. The molecule has 4 aromatic rings. The predicted molar refractivity (Wildman–Crippen MR) is 143 cm³/mol. The number of hydrogen-bond donors (Lipinski definition) is 0. The zero-order valence-electron chi connectivity index (χ0n) is 17.6. The average Bonchev–Trinajstić information content (AvgIpc) is 2.80. The zero-order chi connectivity index (χ0) is 24.5. The first-order valence-corrected chi connectivity index (χ1v) is 12.2. The van der Waals surface area contributed by atoms with Crippen LogP contribution in [0.1, 0.15) is 18.1 Å². The molecule has 8 heteroatoms. The molecule has 1 heterocycles. The van der Waals surface area contributed by atoms with Gasteiger partial charge >= 0.3 is 0 Å². The van der Waals surface area contributed by atoms with Crippen molar-refractivity contribution in [2.24, 2.45) is 0 Å². The Bertz CT molecular complexity index is 1400. The van der Waals surface area contributed by atoms with Crippen molar-refractivity contribution in [1.82, 2.24) is 4.98 Å². The third-order valence-corrected chi connectivity index (χ3v) is 6.74. The van der Waals surface area contributed by atoms with E-state index in [1.165, 1.54) is 12.1 Å². The zero-order valence-corrected chi connectivity index (χ0v) is 22.0. The van der Waals surface area contributed by atoms with Gasteiger partial charge in [-0.25, -0.2) is 9.37 Å². The van der Waals surface area contributed by atoms with Gasteiger partial charge in [0.25, 0.3) is 0 Å². The second-order valence-corrected chi connectivity index (χ2v) is 10.8. The van der Waals surface area contributed by atoms with Gasteiger partial charge in [0.2, 0.25) is 5.88 Å². The third kappa shape index (κ3) is 5.31. The molecule has 0 aliphatic carbocycles. The molecule has 3 nitrogen and oxygen atoms in total. The third-order valence-electron chi connectivity index (χ3n) is 5.10. The van der Waals surface area contributed by atoms with Crippen molar-refractivity contribution in [3.63, 3.8) is 0 Å². The van der Waals surface area contributed by atoms with Gasteiger partial charge in [0.05, 0.1) is 10.7 Å². The van der Waals surface area contributed by atoms with Crippen LogP contribution >= 0.6 is 57.4 Å². The molecular formula is C26H15Cl3FIN2O. The van der Waals surface area contributed by atoms with Crippen LogP contribution in [0.3, 0.4) is 0 Å². The van der Waals surface area contributed by atoms with E-state index in [4.69, 9.17) is 44.5 Å². The number of nitriles is 1. The number of nitrogens with zero attached hydrogens (tertiary/aromatic N) is 2. The highest BCUT2D eigenvalue weighted by molar-refractivity contribution is 14.1. The summed E-state index contributed by atoms with van der Waals surface area (Å²) in [5.74, 6) is -0.221. The second kappa shape index (κ2) is 10.1. The topological polar surface area (TPSA) is 45.9 Å². The molecule has 1 unspecified atom stereocenters. The van der Waals surface area contributed by atoms with E-state index in [1.807, 2.05) is 19.1 Å². The van der Waals surface area contributed by atoms with Crippen LogP contribution in [0, 0.1) is 17.1 Å². The van der Waals surface area contributed by atoms with Gasteiger partial charge in [-0.15, -0.1) is 0 Å². The highest BCUT2D eigenvalue weighted by atomic mass is 127. The maximum Gasteiger partial charge on any atom is 0.233 e. The first-order chi connectivity index (χ1) is 16.2. The van der Waals surface area contributed by atoms with Crippen molar-refractivity contribution >= 4 is 57.4 Å². The lowest BCUT2D eigenvalue weighted by Crippen LogP contribution is -2.22. The van der Waals surface area contributed by atoms with E-state index >= 15 is 0 Å². The number of rotatable bonds is 5. The Morgan fingerprint density at radius 3 is 2.18 bits per heavy atom. The molecule has 1 aromatic heterocycles. The average molecular weight is 624 g/mol. The Hall–Kier alpha value is -2.37. The number of alkyl halides is 1. The monoisotopic (exact) mass is 622 g/mol. The van der Waals surface area contributed by atoms with Gasteiger partial charge in [-0.3, -0.25) is 0 Å². The van der Waals surface area contributed by atoms with Gasteiger partial charge < -0.3 is 4.74 Å². The Kier molecular flexibility index (Phi) is 7.34. The number of benzene rings is 3. The molecule has 170 valence electrons. The van der Waals surface area contributed by atoms with E-state index in [0.29, 0.717) is 37.5 Å². The van der Waals surface area contributed by atoms with Crippen LogP contribution in [-0.2, 0) is 3.61 Å². The molecule has 0 N–H and O–H groups in total. The van der Waals surface area contributed by atoms with E-state index in [1.54, 1.807) is 48.5 Å². The summed E-state index contributed by atoms with van der Waals surface area (Å²) in [6.45, 7) is 1.81. The Morgan fingerprint density at radius 1 is 0.912 bits per heavy atom. The number of pyridine rings is 1. The van der Waals surface area contributed by atoms with Crippen LogP contribution in [0.2, 0.25) is 15.1 Å². The lowest BCUT2D eigenvalue weighted by molar-refractivity contribution is 0.198. The molecule has 34 heavy (non-hydrogen) atoms. The van der Waals surface area contributed by atoms with E-state index in [0.717, 1.165) is 5.56 Å². The van der Waals surface area contributed by atoms with Gasteiger partial charge in [-0.05, 0) is 83.6 Å². The standard InChI is InChI=1S/C26H15Cl3FIN2O/c1-26(31,17-4-9-20(30)10-5-17)34-25-16(14-32)12-22(15-2-6-18(27)7-3-15)24(33-25)21-11-8-19(28)13-23(21)29/h2-13H,1H3. The van der Waals surface area contributed by atoms with E-state index in [2.05, 4.69) is 28.7 Å². The molecule has 3 aromatic carbocycles. The second-order valence-electron chi connectivity index (χ2n) is 7.51. The Balaban J connectivity index is 1.90. The van der Waals surface area contributed by atoms with Crippen LogP contribution in [0.4, 0.5) is 4.39 Å². The smallest absolute Gasteiger partial charge is 0.233 e. The van der Waals surface area contributed by atoms with E-state index in [9.17, 15) is 9.65 Å². The quantitative estimate of drug-likeness (QED) is 0.165. The van der Waals surface area contributed by atoms with Crippen LogP contribution < -0.4 is 4.74 Å². The van der Waals surface area contributed by atoms with Crippen molar-refractivity contribution in [2.75, 3.05) is 0 Å². The molecule has 0 spiro atoms. The summed E-state index contributed by atoms with van der Waals surface area (Å²) in [6, 6.07) is 22.2. The first-order valence-electron chi connectivity index (χ1n) is 9.98. The minimum atomic E-state index is -0.924. The summed E-state index contributed by atoms with van der Waals surface area (Å²) >= 11 is 20.8. The summed E-state index contributed by atoms with van der Waals surface area (Å²) in [5.41, 5.74) is 3.59. The van der Waals surface area contributed by atoms with Crippen molar-refractivity contribution in [2.45, 2.75) is 10.5 Å². The normalized spacial score (nSPS) is 12.6.